The third kappa shape index (κ3) is 4.58. The first-order chi connectivity index (χ1) is 13.6. The number of halogens is 1. The largest absolute Gasteiger partial charge is 0.441 e. The Kier molecular flexibility index (Phi) is 6.02. The van der Waals surface area contributed by atoms with Crippen LogP contribution < -0.4 is 5.32 Å². The second-order valence-corrected chi connectivity index (χ2v) is 8.53. The quantitative estimate of drug-likeness (QED) is 0.796. The number of piperidine rings is 1. The third-order valence-electron chi connectivity index (χ3n) is 5.92. The van der Waals surface area contributed by atoms with E-state index in [0.717, 1.165) is 55.8 Å². The van der Waals surface area contributed by atoms with Gasteiger partial charge in [-0.25, -0.2) is 4.98 Å². The molecular formula is C22H28ClN3O2. The molecule has 1 atom stereocenters. The number of carbonyl (C=O) groups excluding carboxylic acids is 1. The van der Waals surface area contributed by atoms with Crippen LogP contribution in [0.15, 0.2) is 28.7 Å². The smallest absolute Gasteiger partial charge is 0.226 e. The van der Waals surface area contributed by atoms with Crippen LogP contribution in [-0.2, 0) is 11.3 Å². The summed E-state index contributed by atoms with van der Waals surface area (Å²) in [4.78, 5) is 19.7. The summed E-state index contributed by atoms with van der Waals surface area (Å²) in [6.07, 6.45) is 6.75. The molecule has 6 heteroatoms. The summed E-state index contributed by atoms with van der Waals surface area (Å²) in [7, 11) is 0. The fourth-order valence-electron chi connectivity index (χ4n) is 4.33. The number of nitrogens with zero attached hydrogens (tertiary/aromatic N) is 2. The average molecular weight is 402 g/mol. The van der Waals surface area contributed by atoms with E-state index in [9.17, 15) is 4.79 Å². The first-order valence-electron chi connectivity index (χ1n) is 10.3. The predicted molar refractivity (Wildman–Crippen MR) is 110 cm³/mol. The normalized spacial score (nSPS) is 21.1. The van der Waals surface area contributed by atoms with Crippen molar-refractivity contribution in [2.75, 3.05) is 13.1 Å². The molecule has 0 spiro atoms. The van der Waals surface area contributed by atoms with E-state index in [1.807, 2.05) is 31.2 Å². The molecule has 0 radical (unpaired) electrons. The fraction of sp³-hybridized carbons (Fsp3) is 0.545. The summed E-state index contributed by atoms with van der Waals surface area (Å²) < 4.78 is 5.88. The lowest BCUT2D eigenvalue weighted by atomic mass is 9.96. The number of hydrogen-bond donors (Lipinski definition) is 1. The van der Waals surface area contributed by atoms with Crippen LogP contribution in [0.1, 0.15) is 50.0 Å². The average Bonchev–Trinajstić information content (AvgIpc) is 3.32. The van der Waals surface area contributed by atoms with Gasteiger partial charge in [-0.1, -0.05) is 30.5 Å². The van der Waals surface area contributed by atoms with Crippen LogP contribution in [0.5, 0.6) is 0 Å². The molecule has 28 heavy (non-hydrogen) atoms. The molecule has 150 valence electrons. The maximum Gasteiger partial charge on any atom is 0.226 e. The standard InChI is InChI=1S/C22H28ClN3O2/c1-15-20(25-22(28-15)16-6-4-8-18(23)12-16)14-26-11-5-7-17(13-26)21(27)24-19-9-2-3-10-19/h4,6,8,12,17,19H,2-3,5,7,9-11,13-14H2,1H3,(H,24,27). The van der Waals surface area contributed by atoms with Gasteiger partial charge in [0.1, 0.15) is 5.76 Å². The summed E-state index contributed by atoms with van der Waals surface area (Å²) >= 11 is 6.09. The SMILES string of the molecule is Cc1oc(-c2cccc(Cl)c2)nc1CN1CCCC(C(=O)NC2CCCC2)C1. The number of oxazole rings is 1. The number of likely N-dealkylation sites (tertiary alicyclic amines) is 1. The molecule has 1 N–H and O–H groups in total. The molecule has 2 heterocycles. The number of aryl methyl sites for hydroxylation is 1. The minimum atomic E-state index is 0.0777. The zero-order valence-electron chi connectivity index (χ0n) is 16.4. The number of nitrogens with one attached hydrogen (secondary N) is 1. The lowest BCUT2D eigenvalue weighted by molar-refractivity contribution is -0.127. The number of aromatic nitrogens is 1. The van der Waals surface area contributed by atoms with Gasteiger partial charge in [0.05, 0.1) is 11.6 Å². The molecule has 2 fully saturated rings. The molecule has 1 saturated carbocycles. The number of rotatable bonds is 5. The highest BCUT2D eigenvalue weighted by atomic mass is 35.5. The van der Waals surface area contributed by atoms with E-state index in [1.165, 1.54) is 12.8 Å². The van der Waals surface area contributed by atoms with Gasteiger partial charge >= 0.3 is 0 Å². The van der Waals surface area contributed by atoms with Crippen molar-refractivity contribution in [3.05, 3.63) is 40.7 Å². The zero-order valence-corrected chi connectivity index (χ0v) is 17.2. The first-order valence-corrected chi connectivity index (χ1v) is 10.7. The number of hydrogen-bond acceptors (Lipinski definition) is 4. The lowest BCUT2D eigenvalue weighted by Crippen LogP contribution is -2.45. The van der Waals surface area contributed by atoms with Crippen LogP contribution in [0, 0.1) is 12.8 Å². The Morgan fingerprint density at radius 3 is 2.89 bits per heavy atom. The molecule has 1 aromatic carbocycles. The molecule has 2 aromatic rings. The van der Waals surface area contributed by atoms with Crippen molar-refractivity contribution in [1.29, 1.82) is 0 Å². The Labute approximate surface area is 171 Å². The molecule has 1 amide bonds. The van der Waals surface area contributed by atoms with Crippen LogP contribution in [0.3, 0.4) is 0 Å². The van der Waals surface area contributed by atoms with Crippen LogP contribution in [0.4, 0.5) is 0 Å². The monoisotopic (exact) mass is 401 g/mol. The van der Waals surface area contributed by atoms with E-state index in [2.05, 4.69) is 10.2 Å². The van der Waals surface area contributed by atoms with E-state index < -0.39 is 0 Å². The molecule has 1 aromatic heterocycles. The van der Waals surface area contributed by atoms with E-state index >= 15 is 0 Å². The van der Waals surface area contributed by atoms with Gasteiger partial charge in [0.15, 0.2) is 0 Å². The van der Waals surface area contributed by atoms with Gasteiger partial charge in [0.25, 0.3) is 0 Å². The maximum atomic E-state index is 12.7. The Bertz CT molecular complexity index is 829. The van der Waals surface area contributed by atoms with E-state index in [-0.39, 0.29) is 11.8 Å². The van der Waals surface area contributed by atoms with Gasteiger partial charge in [-0.3, -0.25) is 9.69 Å². The summed E-state index contributed by atoms with van der Waals surface area (Å²) in [6, 6.07) is 7.94. The van der Waals surface area contributed by atoms with Crippen LogP contribution in [0.2, 0.25) is 5.02 Å². The molecule has 5 nitrogen and oxygen atoms in total. The minimum Gasteiger partial charge on any atom is -0.441 e. The van der Waals surface area contributed by atoms with Crippen molar-refractivity contribution in [2.45, 2.75) is 58.0 Å². The van der Waals surface area contributed by atoms with Crippen molar-refractivity contribution < 1.29 is 9.21 Å². The second-order valence-electron chi connectivity index (χ2n) is 8.10. The fourth-order valence-corrected chi connectivity index (χ4v) is 4.52. The summed E-state index contributed by atoms with van der Waals surface area (Å²) in [6.45, 7) is 4.44. The minimum absolute atomic E-state index is 0.0777. The predicted octanol–water partition coefficient (Wildman–Crippen LogP) is 4.57. The van der Waals surface area contributed by atoms with Crippen LogP contribution >= 0.6 is 11.6 Å². The molecule has 1 aliphatic heterocycles. The maximum absolute atomic E-state index is 12.7. The summed E-state index contributed by atoms with van der Waals surface area (Å²) in [5.41, 5.74) is 1.82. The molecule has 4 rings (SSSR count). The number of benzene rings is 1. The Morgan fingerprint density at radius 1 is 1.29 bits per heavy atom. The zero-order chi connectivity index (χ0) is 19.5. The highest BCUT2D eigenvalue weighted by Crippen LogP contribution is 2.26. The Balaban J connectivity index is 1.39. The lowest BCUT2D eigenvalue weighted by Gasteiger charge is -2.32. The van der Waals surface area contributed by atoms with E-state index in [1.54, 1.807) is 0 Å². The highest BCUT2D eigenvalue weighted by molar-refractivity contribution is 6.30. The van der Waals surface area contributed by atoms with Crippen molar-refractivity contribution in [3.63, 3.8) is 0 Å². The van der Waals surface area contributed by atoms with Gasteiger partial charge in [0, 0.05) is 29.7 Å². The summed E-state index contributed by atoms with van der Waals surface area (Å²) in [5, 5.41) is 3.93. The second kappa shape index (κ2) is 8.66. The molecule has 0 bridgehead atoms. The van der Waals surface area contributed by atoms with Crippen LogP contribution in [-0.4, -0.2) is 34.9 Å². The van der Waals surface area contributed by atoms with Crippen LogP contribution in [0.25, 0.3) is 11.5 Å². The van der Waals surface area contributed by atoms with Crippen molar-refractivity contribution in [3.8, 4) is 11.5 Å². The van der Waals surface area contributed by atoms with E-state index in [4.69, 9.17) is 21.0 Å². The van der Waals surface area contributed by atoms with Crippen molar-refractivity contribution in [2.24, 2.45) is 5.92 Å². The van der Waals surface area contributed by atoms with Gasteiger partial charge < -0.3 is 9.73 Å². The van der Waals surface area contributed by atoms with Gasteiger partial charge in [-0.2, -0.15) is 0 Å². The Morgan fingerprint density at radius 2 is 2.11 bits per heavy atom. The molecule has 2 aliphatic rings. The number of amides is 1. The number of carbonyl (C=O) groups is 1. The first kappa shape index (κ1) is 19.5. The van der Waals surface area contributed by atoms with E-state index in [0.29, 0.717) is 23.5 Å². The van der Waals surface area contributed by atoms with Gasteiger partial charge in [-0.05, 0) is 57.4 Å². The van der Waals surface area contributed by atoms with Crippen molar-refractivity contribution >= 4 is 17.5 Å². The molecule has 1 saturated heterocycles. The van der Waals surface area contributed by atoms with Gasteiger partial charge in [-0.15, -0.1) is 0 Å². The molecule has 1 aliphatic carbocycles. The molecular weight excluding hydrogens is 374 g/mol. The van der Waals surface area contributed by atoms with Crippen molar-refractivity contribution in [1.82, 2.24) is 15.2 Å². The topological polar surface area (TPSA) is 58.4 Å². The molecule has 1 unspecified atom stereocenters. The Hall–Kier alpha value is -1.85. The third-order valence-corrected chi connectivity index (χ3v) is 6.15. The highest BCUT2D eigenvalue weighted by Gasteiger charge is 2.29. The van der Waals surface area contributed by atoms with Gasteiger partial charge in [0.2, 0.25) is 11.8 Å². The summed E-state index contributed by atoms with van der Waals surface area (Å²) in [5.74, 6) is 1.73.